The Hall–Kier alpha value is -2.00. The van der Waals surface area contributed by atoms with Gasteiger partial charge in [0.15, 0.2) is 0 Å². The minimum Gasteiger partial charge on any atom is -0.355 e. The molecule has 0 aliphatic heterocycles. The highest BCUT2D eigenvalue weighted by molar-refractivity contribution is 7.92. The molecule has 7 nitrogen and oxygen atoms in total. The molecule has 0 saturated carbocycles. The van der Waals surface area contributed by atoms with Crippen LogP contribution in [0.25, 0.3) is 0 Å². The molecule has 1 atom stereocenters. The topological polar surface area (TPSA) is 86.8 Å². The standard InChI is InChI=1S/C23H28Cl3N3O4S/c1-5-20(23(31)27-6-2)28(13-17-18(25)8-7-9-19(17)26)22(30)14-29(34(4,32)33)21-12-16(24)11-10-15(21)3/h7-12,20H,5-6,13-14H2,1-4H3,(H,27,31). The maximum Gasteiger partial charge on any atom is 0.244 e. The summed E-state index contributed by atoms with van der Waals surface area (Å²) in [7, 11) is -3.86. The van der Waals surface area contributed by atoms with Crippen molar-refractivity contribution in [2.24, 2.45) is 0 Å². The number of hydrogen-bond acceptors (Lipinski definition) is 4. The molecule has 34 heavy (non-hydrogen) atoms. The summed E-state index contributed by atoms with van der Waals surface area (Å²) >= 11 is 18.8. The average Bonchev–Trinajstić information content (AvgIpc) is 2.75. The number of amides is 2. The monoisotopic (exact) mass is 547 g/mol. The van der Waals surface area contributed by atoms with E-state index in [1.54, 1.807) is 51.1 Å². The third-order valence-electron chi connectivity index (χ3n) is 5.25. The summed E-state index contributed by atoms with van der Waals surface area (Å²) in [6.07, 6.45) is 1.31. The summed E-state index contributed by atoms with van der Waals surface area (Å²) in [6.45, 7) is 5.04. The zero-order valence-electron chi connectivity index (χ0n) is 19.4. The number of sulfonamides is 1. The molecule has 186 valence electrons. The second-order valence-corrected chi connectivity index (χ2v) is 10.9. The molecule has 0 fully saturated rings. The Labute approximate surface area is 216 Å². The Kier molecular flexibility index (Phi) is 10.1. The molecule has 2 rings (SSSR count). The highest BCUT2D eigenvalue weighted by atomic mass is 35.5. The second kappa shape index (κ2) is 12.1. The molecule has 0 radical (unpaired) electrons. The fourth-order valence-corrected chi connectivity index (χ4v) is 5.09. The molecule has 0 aromatic heterocycles. The highest BCUT2D eigenvalue weighted by Gasteiger charge is 2.32. The van der Waals surface area contributed by atoms with Crippen LogP contribution in [-0.4, -0.2) is 50.5 Å². The van der Waals surface area contributed by atoms with Gasteiger partial charge in [0.1, 0.15) is 12.6 Å². The van der Waals surface area contributed by atoms with Crippen LogP contribution in [0.1, 0.15) is 31.4 Å². The van der Waals surface area contributed by atoms with Gasteiger partial charge >= 0.3 is 0 Å². The van der Waals surface area contributed by atoms with E-state index in [2.05, 4.69) is 5.32 Å². The lowest BCUT2D eigenvalue weighted by Gasteiger charge is -2.33. The molecular formula is C23H28Cl3N3O4S. The first-order valence-electron chi connectivity index (χ1n) is 10.6. The number of likely N-dealkylation sites (N-methyl/N-ethyl adjacent to an activating group) is 1. The van der Waals surface area contributed by atoms with Crippen molar-refractivity contribution in [2.75, 3.05) is 23.7 Å². The summed E-state index contributed by atoms with van der Waals surface area (Å²) in [6, 6.07) is 8.88. The van der Waals surface area contributed by atoms with Gasteiger partial charge in [-0.3, -0.25) is 13.9 Å². The Morgan fingerprint density at radius 3 is 2.21 bits per heavy atom. The number of aryl methyl sites for hydroxylation is 1. The van der Waals surface area contributed by atoms with Crippen molar-refractivity contribution in [2.45, 2.75) is 39.8 Å². The fourth-order valence-electron chi connectivity index (χ4n) is 3.51. The predicted octanol–water partition coefficient (Wildman–Crippen LogP) is 4.66. The molecule has 1 N–H and O–H groups in total. The van der Waals surface area contributed by atoms with Crippen LogP contribution in [0, 0.1) is 6.92 Å². The maximum absolute atomic E-state index is 13.6. The first kappa shape index (κ1) is 28.2. The smallest absolute Gasteiger partial charge is 0.244 e. The normalized spacial score (nSPS) is 12.2. The molecule has 0 heterocycles. The molecule has 2 aromatic carbocycles. The zero-order chi connectivity index (χ0) is 25.6. The van der Waals surface area contributed by atoms with Gasteiger partial charge in [0, 0.05) is 33.7 Å². The lowest BCUT2D eigenvalue weighted by Crippen LogP contribution is -2.52. The van der Waals surface area contributed by atoms with Crippen LogP contribution in [-0.2, 0) is 26.2 Å². The average molecular weight is 549 g/mol. The quantitative estimate of drug-likeness (QED) is 0.468. The van der Waals surface area contributed by atoms with Crippen LogP contribution in [0.15, 0.2) is 36.4 Å². The summed E-state index contributed by atoms with van der Waals surface area (Å²) in [4.78, 5) is 27.8. The lowest BCUT2D eigenvalue weighted by atomic mass is 10.1. The number of carbonyl (C=O) groups excluding carboxylic acids is 2. The van der Waals surface area contributed by atoms with Crippen molar-refractivity contribution in [3.05, 3.63) is 62.6 Å². The Morgan fingerprint density at radius 1 is 1.06 bits per heavy atom. The number of nitrogens with one attached hydrogen (secondary N) is 1. The van der Waals surface area contributed by atoms with Crippen LogP contribution in [0.4, 0.5) is 5.69 Å². The van der Waals surface area contributed by atoms with E-state index < -0.39 is 28.5 Å². The van der Waals surface area contributed by atoms with Crippen LogP contribution >= 0.6 is 34.8 Å². The van der Waals surface area contributed by atoms with Gasteiger partial charge in [-0.1, -0.05) is 53.9 Å². The van der Waals surface area contributed by atoms with Gasteiger partial charge in [-0.25, -0.2) is 8.42 Å². The number of halogens is 3. The molecule has 0 bridgehead atoms. The van der Waals surface area contributed by atoms with Crippen molar-refractivity contribution in [3.8, 4) is 0 Å². The van der Waals surface area contributed by atoms with Gasteiger partial charge in [0.25, 0.3) is 0 Å². The van der Waals surface area contributed by atoms with Crippen LogP contribution in [0.5, 0.6) is 0 Å². The summed E-state index contributed by atoms with van der Waals surface area (Å²) in [5, 5.41) is 3.73. The number of anilines is 1. The second-order valence-electron chi connectivity index (χ2n) is 7.74. The minimum absolute atomic E-state index is 0.0703. The van der Waals surface area contributed by atoms with E-state index in [1.165, 1.54) is 11.0 Å². The van der Waals surface area contributed by atoms with Gasteiger partial charge < -0.3 is 10.2 Å². The van der Waals surface area contributed by atoms with E-state index in [1.807, 2.05) is 0 Å². The van der Waals surface area contributed by atoms with E-state index in [0.717, 1.165) is 10.6 Å². The summed E-state index contributed by atoms with van der Waals surface area (Å²) in [5.41, 5.74) is 1.37. The predicted molar refractivity (Wildman–Crippen MR) is 138 cm³/mol. The van der Waals surface area contributed by atoms with E-state index in [4.69, 9.17) is 34.8 Å². The van der Waals surface area contributed by atoms with Crippen LogP contribution in [0.3, 0.4) is 0 Å². The van der Waals surface area contributed by atoms with Crippen LogP contribution in [0.2, 0.25) is 15.1 Å². The third-order valence-corrected chi connectivity index (χ3v) is 7.32. The fraction of sp³-hybridized carbons (Fsp3) is 0.391. The Balaban J connectivity index is 2.54. The number of carbonyl (C=O) groups is 2. The van der Waals surface area contributed by atoms with Gasteiger partial charge in [0.2, 0.25) is 21.8 Å². The number of rotatable bonds is 10. The number of hydrogen-bond donors (Lipinski definition) is 1. The minimum atomic E-state index is -3.86. The van der Waals surface area contributed by atoms with Gasteiger partial charge in [-0.15, -0.1) is 0 Å². The first-order chi connectivity index (χ1) is 15.9. The molecule has 11 heteroatoms. The van der Waals surface area contributed by atoms with E-state index in [0.29, 0.717) is 39.2 Å². The molecule has 0 aliphatic rings. The van der Waals surface area contributed by atoms with Crippen LogP contribution < -0.4 is 9.62 Å². The third kappa shape index (κ3) is 7.01. The molecular weight excluding hydrogens is 521 g/mol. The van der Waals surface area contributed by atoms with Crippen molar-refractivity contribution in [3.63, 3.8) is 0 Å². The zero-order valence-corrected chi connectivity index (χ0v) is 22.5. The molecule has 1 unspecified atom stereocenters. The maximum atomic E-state index is 13.6. The van der Waals surface area contributed by atoms with E-state index in [9.17, 15) is 18.0 Å². The van der Waals surface area contributed by atoms with Gasteiger partial charge in [0.05, 0.1) is 11.9 Å². The number of nitrogens with zero attached hydrogens (tertiary/aromatic N) is 2. The van der Waals surface area contributed by atoms with Crippen molar-refractivity contribution < 1.29 is 18.0 Å². The Bertz CT molecular complexity index is 1140. The molecule has 2 aromatic rings. The molecule has 0 aliphatic carbocycles. The number of benzene rings is 2. The SMILES string of the molecule is CCNC(=O)C(CC)N(Cc1c(Cl)cccc1Cl)C(=O)CN(c1cc(Cl)ccc1C)S(C)(=O)=O. The summed E-state index contributed by atoms with van der Waals surface area (Å²) < 4.78 is 26.4. The molecule has 0 saturated heterocycles. The van der Waals surface area contributed by atoms with Crippen molar-refractivity contribution >= 4 is 62.3 Å². The van der Waals surface area contributed by atoms with E-state index in [-0.39, 0.29) is 18.1 Å². The molecule has 0 spiro atoms. The van der Waals surface area contributed by atoms with Crippen molar-refractivity contribution in [1.82, 2.24) is 10.2 Å². The molecule has 2 amide bonds. The van der Waals surface area contributed by atoms with Gasteiger partial charge in [-0.2, -0.15) is 0 Å². The Morgan fingerprint density at radius 2 is 1.68 bits per heavy atom. The van der Waals surface area contributed by atoms with Gasteiger partial charge in [-0.05, 0) is 50.1 Å². The lowest BCUT2D eigenvalue weighted by molar-refractivity contribution is -0.140. The first-order valence-corrected chi connectivity index (χ1v) is 13.6. The van der Waals surface area contributed by atoms with E-state index >= 15 is 0 Å². The van der Waals surface area contributed by atoms with Crippen molar-refractivity contribution in [1.29, 1.82) is 0 Å². The highest BCUT2D eigenvalue weighted by Crippen LogP contribution is 2.29. The summed E-state index contributed by atoms with van der Waals surface area (Å²) in [5.74, 6) is -0.940. The largest absolute Gasteiger partial charge is 0.355 e.